The van der Waals surface area contributed by atoms with Crippen LogP contribution in [0, 0.1) is 0 Å². The van der Waals surface area contributed by atoms with E-state index in [1.165, 1.54) is 6.20 Å². The Balaban J connectivity index is 4.26. The van der Waals surface area contributed by atoms with Crippen LogP contribution in [0.4, 0.5) is 0 Å². The fraction of sp³-hybridized carbons (Fsp3) is 0.333. The van der Waals surface area contributed by atoms with E-state index in [1.807, 2.05) is 19.0 Å². The molecule has 0 aliphatic carbocycles. The van der Waals surface area contributed by atoms with Crippen molar-refractivity contribution in [2.75, 3.05) is 14.1 Å². The van der Waals surface area contributed by atoms with Gasteiger partial charge in [0.05, 0.1) is 10.3 Å². The maximum Gasteiger partial charge on any atom is 0.0775 e. The Morgan fingerprint density at radius 2 is 2.00 bits per heavy atom. The van der Waals surface area contributed by atoms with Crippen molar-refractivity contribution in [3.63, 3.8) is 0 Å². The highest BCUT2D eigenvalue weighted by molar-refractivity contribution is 9.11. The second-order valence-corrected chi connectivity index (χ2v) is 2.93. The van der Waals surface area contributed by atoms with Gasteiger partial charge in [0, 0.05) is 20.3 Å². The molecule has 0 aromatic rings. The number of nitrogens with zero attached hydrogens (tertiary/aromatic N) is 1. The van der Waals surface area contributed by atoms with Crippen LogP contribution < -0.4 is 11.5 Å². The van der Waals surface area contributed by atoms with Crippen molar-refractivity contribution in [3.8, 4) is 0 Å². The standard InChI is InChI=1S/C6H12BrN3/c1-10(2)5(4-8)3-6(7)9/h3-4H,8-9H2,1-2H3. The molecule has 0 radical (unpaired) electrons. The van der Waals surface area contributed by atoms with Gasteiger partial charge in [-0.15, -0.1) is 0 Å². The van der Waals surface area contributed by atoms with E-state index in [0.29, 0.717) is 4.61 Å². The summed E-state index contributed by atoms with van der Waals surface area (Å²) in [6, 6.07) is 0. The van der Waals surface area contributed by atoms with Gasteiger partial charge >= 0.3 is 0 Å². The van der Waals surface area contributed by atoms with Crippen molar-refractivity contribution in [2.24, 2.45) is 11.5 Å². The zero-order valence-corrected chi connectivity index (χ0v) is 7.72. The first kappa shape index (κ1) is 9.36. The van der Waals surface area contributed by atoms with Crippen molar-refractivity contribution >= 4 is 15.9 Å². The number of nitrogens with two attached hydrogens (primary N) is 2. The molecule has 4 heteroatoms. The van der Waals surface area contributed by atoms with Crippen LogP contribution in [-0.4, -0.2) is 19.0 Å². The number of hydrogen-bond acceptors (Lipinski definition) is 3. The van der Waals surface area contributed by atoms with Gasteiger partial charge in [-0.05, 0) is 22.0 Å². The third-order valence-electron chi connectivity index (χ3n) is 0.973. The molecule has 0 rings (SSSR count). The monoisotopic (exact) mass is 205 g/mol. The summed E-state index contributed by atoms with van der Waals surface area (Å²) in [6.45, 7) is 0. The van der Waals surface area contributed by atoms with Crippen LogP contribution in [0.1, 0.15) is 0 Å². The molecular weight excluding hydrogens is 194 g/mol. The van der Waals surface area contributed by atoms with Crippen LogP contribution in [0.5, 0.6) is 0 Å². The topological polar surface area (TPSA) is 55.3 Å². The lowest BCUT2D eigenvalue weighted by Gasteiger charge is -2.12. The van der Waals surface area contributed by atoms with Gasteiger partial charge in [-0.2, -0.15) is 0 Å². The van der Waals surface area contributed by atoms with E-state index in [0.717, 1.165) is 5.70 Å². The second-order valence-electron chi connectivity index (χ2n) is 2.02. The summed E-state index contributed by atoms with van der Waals surface area (Å²) < 4.78 is 0.568. The molecule has 0 bridgehead atoms. The number of allylic oxidation sites excluding steroid dienone is 1. The molecule has 0 aromatic carbocycles. The first-order valence-electron chi connectivity index (χ1n) is 2.80. The molecule has 0 aromatic heterocycles. The summed E-state index contributed by atoms with van der Waals surface area (Å²) in [4.78, 5) is 1.87. The Labute approximate surface area is 69.5 Å². The number of likely N-dealkylation sites (N-methyl/N-ethyl adjacent to an activating group) is 1. The Morgan fingerprint density at radius 1 is 1.50 bits per heavy atom. The average molecular weight is 206 g/mol. The largest absolute Gasteiger partial charge is 0.403 e. The SMILES string of the molecule is CN(C)C(C=C(N)Br)=CN. The predicted molar refractivity (Wildman–Crippen MR) is 47.2 cm³/mol. The molecule has 4 N–H and O–H groups in total. The summed E-state index contributed by atoms with van der Waals surface area (Å²) in [6.07, 6.45) is 3.23. The maximum absolute atomic E-state index is 5.36. The van der Waals surface area contributed by atoms with Crippen molar-refractivity contribution < 1.29 is 0 Å². The fourth-order valence-corrected chi connectivity index (χ4v) is 0.702. The van der Waals surface area contributed by atoms with Gasteiger partial charge < -0.3 is 16.4 Å². The summed E-state index contributed by atoms with van der Waals surface area (Å²) in [5.74, 6) is 0. The molecule has 0 saturated heterocycles. The molecule has 0 saturated carbocycles. The predicted octanol–water partition coefficient (Wildman–Crippen LogP) is 0.543. The van der Waals surface area contributed by atoms with Crippen LogP contribution in [-0.2, 0) is 0 Å². The highest BCUT2D eigenvalue weighted by atomic mass is 79.9. The minimum absolute atomic E-state index is 0.568. The number of rotatable bonds is 2. The lowest BCUT2D eigenvalue weighted by atomic mass is 10.4. The molecular formula is C6H12BrN3. The van der Waals surface area contributed by atoms with E-state index >= 15 is 0 Å². The Kier molecular flexibility index (Phi) is 3.95. The van der Waals surface area contributed by atoms with Gasteiger partial charge in [-0.3, -0.25) is 0 Å². The first-order chi connectivity index (χ1) is 4.57. The van der Waals surface area contributed by atoms with Gasteiger partial charge in [-0.25, -0.2) is 0 Å². The quantitative estimate of drug-likeness (QED) is 0.512. The van der Waals surface area contributed by atoms with Gasteiger partial charge in [0.25, 0.3) is 0 Å². The highest BCUT2D eigenvalue weighted by Gasteiger charge is 1.93. The molecule has 0 aliphatic rings. The van der Waals surface area contributed by atoms with Crippen LogP contribution in [0.25, 0.3) is 0 Å². The van der Waals surface area contributed by atoms with E-state index in [4.69, 9.17) is 11.5 Å². The Morgan fingerprint density at radius 3 is 2.10 bits per heavy atom. The smallest absolute Gasteiger partial charge is 0.0775 e. The van der Waals surface area contributed by atoms with E-state index in [-0.39, 0.29) is 0 Å². The Bertz CT molecular complexity index is 156. The van der Waals surface area contributed by atoms with Gasteiger partial charge in [0.15, 0.2) is 0 Å². The highest BCUT2D eigenvalue weighted by Crippen LogP contribution is 2.03. The fourth-order valence-electron chi connectivity index (χ4n) is 0.468. The van der Waals surface area contributed by atoms with Crippen LogP contribution in [0.15, 0.2) is 22.6 Å². The molecule has 0 fully saturated rings. The molecule has 3 nitrogen and oxygen atoms in total. The number of halogens is 1. The van der Waals surface area contributed by atoms with Gasteiger partial charge in [0.1, 0.15) is 0 Å². The maximum atomic E-state index is 5.36. The van der Waals surface area contributed by atoms with E-state index in [9.17, 15) is 0 Å². The summed E-state index contributed by atoms with van der Waals surface area (Å²) in [5, 5.41) is 0. The second kappa shape index (κ2) is 4.22. The molecule has 58 valence electrons. The molecule has 0 heterocycles. The number of hydrogen-bond donors (Lipinski definition) is 2. The van der Waals surface area contributed by atoms with Crippen molar-refractivity contribution in [3.05, 3.63) is 22.6 Å². The Hall–Kier alpha value is -0.640. The van der Waals surface area contributed by atoms with Crippen LogP contribution in [0.3, 0.4) is 0 Å². The molecule has 0 aliphatic heterocycles. The molecule has 0 spiro atoms. The molecule has 0 atom stereocenters. The lowest BCUT2D eigenvalue weighted by molar-refractivity contribution is 0.528. The zero-order valence-electron chi connectivity index (χ0n) is 6.13. The van der Waals surface area contributed by atoms with E-state index in [2.05, 4.69) is 15.9 Å². The molecule has 0 amide bonds. The summed E-state index contributed by atoms with van der Waals surface area (Å²) in [5.41, 5.74) is 11.5. The molecule has 10 heavy (non-hydrogen) atoms. The van der Waals surface area contributed by atoms with Crippen LogP contribution >= 0.6 is 15.9 Å². The average Bonchev–Trinajstić information content (AvgIpc) is 1.81. The van der Waals surface area contributed by atoms with Crippen LogP contribution in [0.2, 0.25) is 0 Å². The van der Waals surface area contributed by atoms with Gasteiger partial charge in [-0.1, -0.05) is 0 Å². The third kappa shape index (κ3) is 3.40. The zero-order chi connectivity index (χ0) is 8.15. The normalized spacial score (nSPS) is 13.5. The van der Waals surface area contributed by atoms with Gasteiger partial charge in [0.2, 0.25) is 0 Å². The summed E-state index contributed by atoms with van der Waals surface area (Å²) in [7, 11) is 3.79. The summed E-state index contributed by atoms with van der Waals surface area (Å²) >= 11 is 3.10. The van der Waals surface area contributed by atoms with Crippen molar-refractivity contribution in [2.45, 2.75) is 0 Å². The third-order valence-corrected chi connectivity index (χ3v) is 1.20. The lowest BCUT2D eigenvalue weighted by Crippen LogP contribution is -2.11. The van der Waals surface area contributed by atoms with E-state index < -0.39 is 0 Å². The van der Waals surface area contributed by atoms with E-state index in [1.54, 1.807) is 6.08 Å². The minimum atomic E-state index is 0.568. The van der Waals surface area contributed by atoms with Crippen molar-refractivity contribution in [1.29, 1.82) is 0 Å². The first-order valence-corrected chi connectivity index (χ1v) is 3.59. The minimum Gasteiger partial charge on any atom is -0.403 e. The molecule has 0 unspecified atom stereocenters. The van der Waals surface area contributed by atoms with Crippen molar-refractivity contribution in [1.82, 2.24) is 4.90 Å².